The third-order valence-electron chi connectivity index (χ3n) is 2.67. The fourth-order valence-corrected chi connectivity index (χ4v) is 2.33. The number of likely N-dealkylation sites (tertiary alicyclic amines) is 1. The smallest absolute Gasteiger partial charge is 0.255 e. The first kappa shape index (κ1) is 11.5. The van der Waals surface area contributed by atoms with E-state index in [1.807, 2.05) is 0 Å². The molecule has 86 valence electrons. The normalized spacial score (nSPS) is 20.2. The van der Waals surface area contributed by atoms with Gasteiger partial charge in [-0.05, 0) is 40.5 Å². The van der Waals surface area contributed by atoms with E-state index in [4.69, 9.17) is 5.73 Å². The summed E-state index contributed by atoms with van der Waals surface area (Å²) in [5, 5.41) is 0. The highest BCUT2D eigenvalue weighted by molar-refractivity contribution is 9.10. The largest absolute Gasteiger partial charge is 0.337 e. The SMILES string of the molecule is N[C@H]1CCN(C(=O)c2ccc(F)cc2Br)C1. The van der Waals surface area contributed by atoms with Gasteiger partial charge in [-0.2, -0.15) is 0 Å². The predicted molar refractivity (Wildman–Crippen MR) is 62.6 cm³/mol. The predicted octanol–water partition coefficient (Wildman–Crippen LogP) is 1.76. The Morgan fingerprint density at radius 3 is 2.88 bits per heavy atom. The van der Waals surface area contributed by atoms with E-state index in [9.17, 15) is 9.18 Å². The van der Waals surface area contributed by atoms with E-state index < -0.39 is 0 Å². The van der Waals surface area contributed by atoms with Crippen LogP contribution < -0.4 is 5.73 Å². The Morgan fingerprint density at radius 2 is 2.31 bits per heavy atom. The van der Waals surface area contributed by atoms with Crippen LogP contribution in [-0.2, 0) is 0 Å². The highest BCUT2D eigenvalue weighted by Gasteiger charge is 2.25. The summed E-state index contributed by atoms with van der Waals surface area (Å²) in [6.45, 7) is 1.24. The number of benzene rings is 1. The van der Waals surface area contributed by atoms with Gasteiger partial charge in [-0.3, -0.25) is 4.79 Å². The van der Waals surface area contributed by atoms with Crippen LogP contribution >= 0.6 is 15.9 Å². The Hall–Kier alpha value is -0.940. The van der Waals surface area contributed by atoms with Gasteiger partial charge < -0.3 is 10.6 Å². The van der Waals surface area contributed by atoms with Gasteiger partial charge in [-0.25, -0.2) is 4.39 Å². The molecule has 0 radical (unpaired) electrons. The number of halogens is 2. The summed E-state index contributed by atoms with van der Waals surface area (Å²) < 4.78 is 13.4. The molecule has 2 N–H and O–H groups in total. The first-order valence-corrected chi connectivity index (χ1v) is 5.87. The van der Waals surface area contributed by atoms with Crippen LogP contribution in [0.15, 0.2) is 22.7 Å². The second kappa shape index (κ2) is 4.51. The van der Waals surface area contributed by atoms with E-state index >= 15 is 0 Å². The molecule has 0 bridgehead atoms. The Morgan fingerprint density at radius 1 is 1.56 bits per heavy atom. The maximum Gasteiger partial charge on any atom is 0.255 e. The molecule has 1 saturated heterocycles. The highest BCUT2D eigenvalue weighted by atomic mass is 79.9. The van der Waals surface area contributed by atoms with E-state index in [1.54, 1.807) is 4.90 Å². The van der Waals surface area contributed by atoms with Crippen LogP contribution in [0.1, 0.15) is 16.8 Å². The number of carbonyl (C=O) groups excluding carboxylic acids is 1. The van der Waals surface area contributed by atoms with Gasteiger partial charge in [0.1, 0.15) is 5.82 Å². The second-order valence-corrected chi connectivity index (χ2v) is 4.78. The zero-order chi connectivity index (χ0) is 11.7. The van der Waals surface area contributed by atoms with Crippen molar-refractivity contribution in [2.45, 2.75) is 12.5 Å². The fraction of sp³-hybridized carbons (Fsp3) is 0.364. The number of rotatable bonds is 1. The van der Waals surface area contributed by atoms with Crippen LogP contribution in [0.2, 0.25) is 0 Å². The van der Waals surface area contributed by atoms with Gasteiger partial charge in [0.15, 0.2) is 0 Å². The third-order valence-corrected chi connectivity index (χ3v) is 3.33. The van der Waals surface area contributed by atoms with Gasteiger partial charge >= 0.3 is 0 Å². The number of carbonyl (C=O) groups is 1. The number of hydrogen-bond acceptors (Lipinski definition) is 2. The van der Waals surface area contributed by atoms with Gasteiger partial charge in [0, 0.05) is 23.6 Å². The molecule has 0 saturated carbocycles. The lowest BCUT2D eigenvalue weighted by atomic mass is 10.2. The molecule has 2 rings (SSSR count). The molecule has 5 heteroatoms. The first-order valence-electron chi connectivity index (χ1n) is 5.08. The summed E-state index contributed by atoms with van der Waals surface area (Å²) in [6, 6.07) is 4.13. The van der Waals surface area contributed by atoms with E-state index in [-0.39, 0.29) is 17.8 Å². The van der Waals surface area contributed by atoms with Gasteiger partial charge in [0.2, 0.25) is 0 Å². The molecule has 1 heterocycles. The fourth-order valence-electron chi connectivity index (χ4n) is 1.81. The molecule has 1 aliphatic heterocycles. The lowest BCUT2D eigenvalue weighted by Crippen LogP contribution is -2.32. The highest BCUT2D eigenvalue weighted by Crippen LogP contribution is 2.21. The lowest BCUT2D eigenvalue weighted by molar-refractivity contribution is 0.0790. The molecular weight excluding hydrogens is 275 g/mol. The van der Waals surface area contributed by atoms with Crippen LogP contribution in [0, 0.1) is 5.82 Å². The molecule has 1 aromatic rings. The Bertz CT molecular complexity index is 424. The topological polar surface area (TPSA) is 46.3 Å². The summed E-state index contributed by atoms with van der Waals surface area (Å²) in [5.41, 5.74) is 6.22. The van der Waals surface area contributed by atoms with Crippen molar-refractivity contribution in [3.05, 3.63) is 34.1 Å². The monoisotopic (exact) mass is 286 g/mol. The van der Waals surface area contributed by atoms with Gasteiger partial charge in [-0.1, -0.05) is 0 Å². The molecular formula is C11H12BrFN2O. The van der Waals surface area contributed by atoms with Gasteiger partial charge in [0.25, 0.3) is 5.91 Å². The zero-order valence-corrected chi connectivity index (χ0v) is 10.2. The summed E-state index contributed by atoms with van der Waals surface area (Å²) in [4.78, 5) is 13.7. The molecule has 3 nitrogen and oxygen atoms in total. The molecule has 1 aromatic carbocycles. The minimum atomic E-state index is -0.360. The molecule has 1 atom stereocenters. The Labute approximate surface area is 102 Å². The number of nitrogens with zero attached hydrogens (tertiary/aromatic N) is 1. The van der Waals surface area contributed by atoms with E-state index in [0.717, 1.165) is 6.42 Å². The quantitative estimate of drug-likeness (QED) is 0.855. The van der Waals surface area contributed by atoms with Crippen molar-refractivity contribution in [2.75, 3.05) is 13.1 Å². The van der Waals surface area contributed by atoms with Crippen molar-refractivity contribution in [1.82, 2.24) is 4.90 Å². The molecule has 1 aliphatic rings. The molecule has 1 fully saturated rings. The number of amides is 1. The molecule has 0 unspecified atom stereocenters. The molecule has 16 heavy (non-hydrogen) atoms. The minimum absolute atomic E-state index is 0.0585. The van der Waals surface area contributed by atoms with E-state index in [0.29, 0.717) is 23.1 Å². The summed E-state index contributed by atoms with van der Waals surface area (Å²) in [5.74, 6) is -0.457. The van der Waals surface area contributed by atoms with Crippen molar-refractivity contribution < 1.29 is 9.18 Å². The third kappa shape index (κ3) is 2.25. The van der Waals surface area contributed by atoms with Crippen LogP contribution in [-0.4, -0.2) is 29.9 Å². The maximum atomic E-state index is 12.9. The molecule has 1 amide bonds. The maximum absolute atomic E-state index is 12.9. The summed E-state index contributed by atoms with van der Waals surface area (Å²) in [6.07, 6.45) is 0.824. The zero-order valence-electron chi connectivity index (χ0n) is 8.62. The number of nitrogens with two attached hydrogens (primary N) is 1. The van der Waals surface area contributed by atoms with Crippen molar-refractivity contribution in [2.24, 2.45) is 5.73 Å². The molecule has 0 aliphatic carbocycles. The standard InChI is InChI=1S/C11H12BrFN2O/c12-10-5-7(13)1-2-9(10)11(16)15-4-3-8(14)6-15/h1-2,5,8H,3-4,6,14H2/t8-/m0/s1. The van der Waals surface area contributed by atoms with Gasteiger partial charge in [-0.15, -0.1) is 0 Å². The van der Waals surface area contributed by atoms with Crippen LogP contribution in [0.3, 0.4) is 0 Å². The van der Waals surface area contributed by atoms with Crippen molar-refractivity contribution in [3.8, 4) is 0 Å². The van der Waals surface area contributed by atoms with Crippen LogP contribution in [0.5, 0.6) is 0 Å². The van der Waals surface area contributed by atoms with E-state index in [2.05, 4.69) is 15.9 Å². The van der Waals surface area contributed by atoms with Crippen LogP contribution in [0.25, 0.3) is 0 Å². The lowest BCUT2D eigenvalue weighted by Gasteiger charge is -2.16. The van der Waals surface area contributed by atoms with Crippen molar-refractivity contribution in [3.63, 3.8) is 0 Å². The molecule has 0 spiro atoms. The number of hydrogen-bond donors (Lipinski definition) is 1. The average Bonchev–Trinajstić information content (AvgIpc) is 2.64. The summed E-state index contributed by atoms with van der Waals surface area (Å²) in [7, 11) is 0. The van der Waals surface area contributed by atoms with Crippen molar-refractivity contribution >= 4 is 21.8 Å². The van der Waals surface area contributed by atoms with Crippen LogP contribution in [0.4, 0.5) is 4.39 Å². The first-order chi connectivity index (χ1) is 7.58. The van der Waals surface area contributed by atoms with Crippen molar-refractivity contribution in [1.29, 1.82) is 0 Å². The van der Waals surface area contributed by atoms with Gasteiger partial charge in [0.05, 0.1) is 5.56 Å². The minimum Gasteiger partial charge on any atom is -0.337 e. The Kier molecular flexibility index (Phi) is 3.25. The molecule has 0 aromatic heterocycles. The average molecular weight is 287 g/mol. The Balaban J connectivity index is 2.21. The summed E-state index contributed by atoms with van der Waals surface area (Å²) >= 11 is 3.19. The second-order valence-electron chi connectivity index (χ2n) is 3.92. The van der Waals surface area contributed by atoms with E-state index in [1.165, 1.54) is 18.2 Å².